The molecular formula is CHAgCl3O3P. The fourth-order valence-corrected chi connectivity index (χ4v) is 0. The molecule has 0 saturated heterocycles. The third kappa shape index (κ3) is 5.22. The first-order valence-corrected chi connectivity index (χ1v) is 4.07. The van der Waals surface area contributed by atoms with Crippen molar-refractivity contribution in [2.75, 3.05) is 0 Å². The molecule has 8 heteroatoms. The van der Waals surface area contributed by atoms with E-state index >= 15 is 0 Å². The van der Waals surface area contributed by atoms with Crippen molar-refractivity contribution in [2.45, 2.75) is 3.53 Å². The summed E-state index contributed by atoms with van der Waals surface area (Å²) < 4.78 is -2.59. The van der Waals surface area contributed by atoms with Gasteiger partial charge in [0.25, 0.3) is 0 Å². The number of hydrogen-bond acceptors (Lipinski definition) is 3. The Morgan fingerprint density at radius 3 is 1.33 bits per heavy atom. The van der Waals surface area contributed by atoms with Crippen LogP contribution in [0.5, 0.6) is 0 Å². The van der Waals surface area contributed by atoms with Gasteiger partial charge < -0.3 is 9.79 Å². The van der Waals surface area contributed by atoms with Crippen LogP contribution in [0.25, 0.3) is 0 Å². The van der Waals surface area contributed by atoms with Gasteiger partial charge in [0.2, 0.25) is 0 Å². The fourth-order valence-electron chi connectivity index (χ4n) is 0. The van der Waals surface area contributed by atoms with Crippen molar-refractivity contribution in [3.05, 3.63) is 0 Å². The normalized spacial score (nSPS) is 12.7. The van der Waals surface area contributed by atoms with Crippen molar-refractivity contribution in [1.29, 1.82) is 0 Å². The summed E-state index contributed by atoms with van der Waals surface area (Å²) in [6, 6.07) is 0. The third-order valence-corrected chi connectivity index (χ3v) is 2.88. The monoisotopic (exact) mass is 304 g/mol. The van der Waals surface area contributed by atoms with Crippen LogP contribution in [0.4, 0.5) is 0 Å². The molecule has 0 aromatic rings. The molecule has 0 aliphatic rings. The molecular weight excluding hydrogens is 305 g/mol. The van der Waals surface area contributed by atoms with Crippen LogP contribution in [0.3, 0.4) is 0 Å². The Labute approximate surface area is 83.0 Å². The first kappa shape index (κ1) is 13.5. The van der Waals surface area contributed by atoms with Crippen LogP contribution in [0.1, 0.15) is 0 Å². The third-order valence-electron chi connectivity index (χ3n) is 0.320. The average molecular weight is 306 g/mol. The van der Waals surface area contributed by atoms with Crippen LogP contribution in [0, 0.1) is 0 Å². The van der Waals surface area contributed by atoms with Crippen LogP contribution in [-0.2, 0) is 22.4 Å². The maximum Gasteiger partial charge on any atom is 1.00 e. The van der Waals surface area contributed by atoms with E-state index < -0.39 is 11.5 Å². The van der Waals surface area contributed by atoms with Crippen LogP contribution in [0.2, 0.25) is 0 Å². The predicted octanol–water partition coefficient (Wildman–Crippen LogP) is -0.213. The summed E-state index contributed by atoms with van der Waals surface area (Å²) in [5.74, 6) is 0. The zero-order valence-electron chi connectivity index (χ0n) is 3.65. The summed E-state index contributed by atoms with van der Waals surface area (Å²) in [4.78, 5) is 27.6. The summed E-state index contributed by atoms with van der Waals surface area (Å²) in [5.41, 5.74) is 0. The smallest absolute Gasteiger partial charge is 0.656 e. The Hall–Kier alpha value is 1.92. The van der Waals surface area contributed by atoms with Crippen LogP contribution in [0.15, 0.2) is 0 Å². The van der Waals surface area contributed by atoms with Gasteiger partial charge in [-0.05, 0) is 34.8 Å². The topological polar surface area (TPSA) is 66.3 Å². The van der Waals surface area contributed by atoms with Gasteiger partial charge in [-0.15, -0.1) is 0 Å². The first-order chi connectivity index (χ1) is 3.25. The second-order valence-corrected chi connectivity index (χ2v) is 5.77. The molecule has 0 aromatic carbocycles. The van der Waals surface area contributed by atoms with E-state index in [1.807, 2.05) is 0 Å². The van der Waals surface area contributed by atoms with E-state index in [0.29, 0.717) is 0 Å². The van der Waals surface area contributed by atoms with Gasteiger partial charge in [-0.1, -0.05) is 0 Å². The van der Waals surface area contributed by atoms with E-state index in [0.717, 1.165) is 0 Å². The van der Waals surface area contributed by atoms with Gasteiger partial charge in [0, 0.05) is 0 Å². The van der Waals surface area contributed by atoms with Crippen molar-refractivity contribution in [3.8, 4) is 0 Å². The second-order valence-electron chi connectivity index (χ2n) is 0.988. The van der Waals surface area contributed by atoms with Crippen molar-refractivity contribution in [1.82, 2.24) is 0 Å². The summed E-state index contributed by atoms with van der Waals surface area (Å²) in [6.45, 7) is 0. The molecule has 0 aliphatic heterocycles. The molecule has 0 unspecified atom stereocenters. The molecule has 9 heavy (non-hydrogen) atoms. The van der Waals surface area contributed by atoms with E-state index in [1.165, 1.54) is 0 Å². The Bertz CT molecular complexity index is 74.0. The average Bonchev–Trinajstić information content (AvgIpc) is 1.25. The summed E-state index contributed by atoms with van der Waals surface area (Å²) in [7, 11) is -4.80. The maximum absolute atomic E-state index is 9.84. The standard InChI is InChI=1S/CH2Cl3O3P.Ag/c2-1(3,4)8(5,6)7;/h(H2,5,6,7);/q;+1/p-1. The molecule has 0 aliphatic carbocycles. The molecule has 0 aromatic heterocycles. The molecule has 0 saturated carbocycles. The molecule has 0 rings (SSSR count). The van der Waals surface area contributed by atoms with Gasteiger partial charge >= 0.3 is 25.9 Å². The molecule has 60 valence electrons. The SMILES string of the molecule is [Ag+].[O-][P+]([O-])(O)C(Cl)(Cl)Cl. The second kappa shape index (κ2) is 4.07. The van der Waals surface area contributed by atoms with Crippen molar-refractivity contribution in [2.24, 2.45) is 0 Å². The van der Waals surface area contributed by atoms with Gasteiger partial charge in [-0.2, -0.15) is 0 Å². The van der Waals surface area contributed by atoms with Gasteiger partial charge in [-0.3, -0.25) is 4.89 Å². The number of hydrogen-bond donors (Lipinski definition) is 1. The zero-order valence-corrected chi connectivity index (χ0v) is 8.29. The van der Waals surface area contributed by atoms with Gasteiger partial charge in [0.05, 0.1) is 0 Å². The maximum atomic E-state index is 9.84. The molecule has 0 radical (unpaired) electrons. The summed E-state index contributed by atoms with van der Waals surface area (Å²) >= 11 is 14.1. The quantitative estimate of drug-likeness (QED) is 0.382. The van der Waals surface area contributed by atoms with Crippen LogP contribution < -0.4 is 9.79 Å². The zero-order chi connectivity index (χ0) is 7.00. The van der Waals surface area contributed by atoms with Gasteiger partial charge in [0.15, 0.2) is 0 Å². The summed E-state index contributed by atoms with van der Waals surface area (Å²) in [6.07, 6.45) is 0. The Morgan fingerprint density at radius 2 is 1.33 bits per heavy atom. The molecule has 0 spiro atoms. The van der Waals surface area contributed by atoms with E-state index in [9.17, 15) is 9.79 Å². The molecule has 3 nitrogen and oxygen atoms in total. The van der Waals surface area contributed by atoms with E-state index in [4.69, 9.17) is 39.7 Å². The van der Waals surface area contributed by atoms with Crippen molar-refractivity contribution >= 4 is 42.7 Å². The summed E-state index contributed by atoms with van der Waals surface area (Å²) in [5, 5.41) is 0. The minimum atomic E-state index is -4.80. The molecule has 0 bridgehead atoms. The number of alkyl halides is 3. The Kier molecular flexibility index (Phi) is 6.11. The largest absolute Gasteiger partial charge is 1.00 e. The van der Waals surface area contributed by atoms with Gasteiger partial charge in [-0.25, -0.2) is 0 Å². The van der Waals surface area contributed by atoms with Crippen molar-refractivity contribution < 1.29 is 37.1 Å². The number of rotatable bonds is 0. The van der Waals surface area contributed by atoms with Crippen LogP contribution in [-0.4, -0.2) is 8.43 Å². The first-order valence-electron chi connectivity index (χ1n) is 1.36. The number of halogens is 3. The van der Waals surface area contributed by atoms with E-state index in [2.05, 4.69) is 0 Å². The minimum absolute atomic E-state index is 0. The van der Waals surface area contributed by atoms with E-state index in [-0.39, 0.29) is 22.4 Å². The van der Waals surface area contributed by atoms with Crippen LogP contribution >= 0.6 is 42.7 Å². The van der Waals surface area contributed by atoms with Gasteiger partial charge in [0.1, 0.15) is 7.94 Å². The Morgan fingerprint density at radius 1 is 1.22 bits per heavy atom. The molecule has 1 N–H and O–H groups in total. The fraction of sp³-hybridized carbons (Fsp3) is 1.00. The molecule has 0 atom stereocenters. The predicted molar refractivity (Wildman–Crippen MR) is 29.4 cm³/mol. The minimum Gasteiger partial charge on any atom is -0.656 e. The molecule has 0 heterocycles. The van der Waals surface area contributed by atoms with Crippen molar-refractivity contribution in [3.63, 3.8) is 0 Å². The Balaban J connectivity index is 0. The molecule has 0 amide bonds. The molecule has 0 fully saturated rings. The van der Waals surface area contributed by atoms with E-state index in [1.54, 1.807) is 0 Å².